The molecule has 0 unspecified atom stereocenters. The molecule has 0 heterocycles. The van der Waals surface area contributed by atoms with Crippen LogP contribution in [0.2, 0.25) is 0 Å². The molecule has 0 aliphatic carbocycles. The molecule has 0 amide bonds. The van der Waals surface area contributed by atoms with Crippen molar-refractivity contribution in [3.63, 3.8) is 0 Å². The van der Waals surface area contributed by atoms with Gasteiger partial charge in [-0.15, -0.1) is 0 Å². The summed E-state index contributed by atoms with van der Waals surface area (Å²) in [6.07, 6.45) is 0.895. The maximum atomic E-state index is 11.7. The Balaban J connectivity index is 2.23. The maximum absolute atomic E-state index is 11.7. The second-order valence-corrected chi connectivity index (χ2v) is 7.49. The third-order valence-electron chi connectivity index (χ3n) is 3.34. The first-order valence-electron chi connectivity index (χ1n) is 7.15. The van der Waals surface area contributed by atoms with Crippen molar-refractivity contribution in [2.45, 2.75) is 19.4 Å². The van der Waals surface area contributed by atoms with E-state index in [-0.39, 0.29) is 18.3 Å². The quantitative estimate of drug-likeness (QED) is 0.421. The van der Waals surface area contributed by atoms with Gasteiger partial charge in [0.15, 0.2) is 0 Å². The molecule has 0 radical (unpaired) electrons. The van der Waals surface area contributed by atoms with Gasteiger partial charge in [0.05, 0.1) is 33.6 Å². The first-order chi connectivity index (χ1) is 10.2. The predicted molar refractivity (Wildman–Crippen MR) is 83.7 cm³/mol. The lowest BCUT2D eigenvalue weighted by atomic mass is 10.2. The predicted octanol–water partition coefficient (Wildman–Crippen LogP) is 1.47. The Bertz CT molecular complexity index is 569. The van der Waals surface area contributed by atoms with Crippen molar-refractivity contribution >= 4 is 16.1 Å². The lowest BCUT2D eigenvalue weighted by molar-refractivity contribution is -0.888. The molecule has 1 aromatic rings. The molecule has 1 rings (SSSR count). The Morgan fingerprint density at radius 1 is 1.18 bits per heavy atom. The minimum Gasteiger partial charge on any atom is -0.461 e. The number of benzene rings is 1. The van der Waals surface area contributed by atoms with Gasteiger partial charge in [-0.1, -0.05) is 30.3 Å². The summed E-state index contributed by atoms with van der Waals surface area (Å²) in [5, 5.41) is 0. The molecule has 124 valence electrons. The third kappa shape index (κ3) is 8.76. The van der Waals surface area contributed by atoms with Gasteiger partial charge in [-0.3, -0.25) is 9.35 Å². The third-order valence-corrected chi connectivity index (χ3v) is 4.04. The molecule has 0 aliphatic rings. The lowest BCUT2D eigenvalue weighted by Crippen LogP contribution is -2.44. The molecule has 0 atom stereocenters. The summed E-state index contributed by atoms with van der Waals surface area (Å²) < 4.78 is 35.9. The summed E-state index contributed by atoms with van der Waals surface area (Å²) >= 11 is 0. The minimum absolute atomic E-state index is 0.265. The van der Waals surface area contributed by atoms with E-state index < -0.39 is 10.1 Å². The van der Waals surface area contributed by atoms with E-state index in [1.165, 1.54) is 0 Å². The van der Waals surface area contributed by atoms with Crippen LogP contribution in [-0.4, -0.2) is 56.4 Å². The molecule has 0 spiro atoms. The summed E-state index contributed by atoms with van der Waals surface area (Å²) in [5.74, 6) is -0.544. The summed E-state index contributed by atoms with van der Waals surface area (Å²) in [6.45, 7) is 1.20. The molecule has 0 saturated carbocycles. The number of carbonyl (C=O) groups is 1. The second kappa shape index (κ2) is 8.26. The number of nitrogens with zero attached hydrogens (tertiary/aromatic N) is 1. The highest BCUT2D eigenvalue weighted by Crippen LogP contribution is 2.06. The van der Waals surface area contributed by atoms with Crippen LogP contribution in [0.15, 0.2) is 30.3 Å². The molecule has 0 aliphatic heterocycles. The molecule has 0 aromatic heterocycles. The Hall–Kier alpha value is -1.44. The smallest absolute Gasteiger partial charge is 0.306 e. The Kier molecular flexibility index (Phi) is 6.99. The standard InChI is InChI=1S/C15H23NO5S/c1-16(2,11-12-22(18,19)20)10-6-9-15(17)21-13-14-7-4-3-5-8-14/h3-5,7-8H,6,9-13H2,1-2H3/p+1. The number of esters is 1. The van der Waals surface area contributed by atoms with E-state index in [0.29, 0.717) is 30.4 Å². The molecule has 7 heteroatoms. The fraction of sp³-hybridized carbons (Fsp3) is 0.533. The van der Waals surface area contributed by atoms with Crippen LogP contribution >= 0.6 is 0 Å². The highest BCUT2D eigenvalue weighted by atomic mass is 32.2. The van der Waals surface area contributed by atoms with Gasteiger partial charge in [0.1, 0.15) is 12.4 Å². The number of quaternary nitrogens is 1. The normalized spacial score (nSPS) is 12.1. The van der Waals surface area contributed by atoms with Crippen LogP contribution in [0.5, 0.6) is 0 Å². The Morgan fingerprint density at radius 3 is 2.41 bits per heavy atom. The SMILES string of the molecule is C[N+](C)(CCCC(=O)OCc1ccccc1)CCS(=O)(=O)O. The van der Waals surface area contributed by atoms with Crippen molar-refractivity contribution in [2.75, 3.05) is 32.9 Å². The van der Waals surface area contributed by atoms with E-state index in [9.17, 15) is 13.2 Å². The topological polar surface area (TPSA) is 80.7 Å². The number of carbonyl (C=O) groups excluding carboxylic acids is 1. The van der Waals surface area contributed by atoms with Crippen molar-refractivity contribution in [3.05, 3.63) is 35.9 Å². The minimum atomic E-state index is -3.95. The monoisotopic (exact) mass is 330 g/mol. The van der Waals surface area contributed by atoms with Crippen LogP contribution < -0.4 is 0 Å². The summed E-state index contributed by atoms with van der Waals surface area (Å²) in [4.78, 5) is 11.7. The lowest BCUT2D eigenvalue weighted by Gasteiger charge is -2.29. The number of hydrogen-bond donors (Lipinski definition) is 1. The first-order valence-corrected chi connectivity index (χ1v) is 8.76. The molecule has 0 saturated heterocycles. The molecule has 1 aromatic carbocycles. The van der Waals surface area contributed by atoms with E-state index in [0.717, 1.165) is 5.56 Å². The fourth-order valence-electron chi connectivity index (χ4n) is 1.94. The highest BCUT2D eigenvalue weighted by Gasteiger charge is 2.19. The van der Waals surface area contributed by atoms with Gasteiger partial charge in [0.25, 0.3) is 10.1 Å². The van der Waals surface area contributed by atoms with E-state index in [4.69, 9.17) is 9.29 Å². The van der Waals surface area contributed by atoms with Gasteiger partial charge in [-0.2, -0.15) is 8.42 Å². The molecule has 22 heavy (non-hydrogen) atoms. The zero-order chi connectivity index (χ0) is 16.6. The highest BCUT2D eigenvalue weighted by molar-refractivity contribution is 7.85. The first kappa shape index (κ1) is 18.6. The molecule has 0 fully saturated rings. The zero-order valence-electron chi connectivity index (χ0n) is 13.1. The van der Waals surface area contributed by atoms with Crippen molar-refractivity contribution < 1.29 is 27.0 Å². The van der Waals surface area contributed by atoms with Gasteiger partial charge in [0, 0.05) is 6.42 Å². The zero-order valence-corrected chi connectivity index (χ0v) is 13.9. The molecular weight excluding hydrogens is 306 g/mol. The maximum Gasteiger partial charge on any atom is 0.306 e. The molecule has 6 nitrogen and oxygen atoms in total. The van der Waals surface area contributed by atoms with E-state index in [1.807, 2.05) is 44.4 Å². The molecular formula is C15H24NO5S+. The van der Waals surface area contributed by atoms with Crippen molar-refractivity contribution in [3.8, 4) is 0 Å². The van der Waals surface area contributed by atoms with Crippen LogP contribution in [0.1, 0.15) is 18.4 Å². The average molecular weight is 330 g/mol. The van der Waals surface area contributed by atoms with Gasteiger partial charge < -0.3 is 9.22 Å². The molecule has 0 bridgehead atoms. The van der Waals surface area contributed by atoms with Crippen LogP contribution in [-0.2, 0) is 26.3 Å². The largest absolute Gasteiger partial charge is 0.461 e. The fourth-order valence-corrected chi connectivity index (χ4v) is 2.66. The Labute approximate surface area is 132 Å². The van der Waals surface area contributed by atoms with E-state index in [2.05, 4.69) is 0 Å². The Morgan fingerprint density at radius 2 is 1.82 bits per heavy atom. The summed E-state index contributed by atoms with van der Waals surface area (Å²) in [5.41, 5.74) is 0.945. The second-order valence-electron chi connectivity index (χ2n) is 5.92. The summed E-state index contributed by atoms with van der Waals surface area (Å²) in [6, 6.07) is 9.46. The number of rotatable bonds is 9. The summed E-state index contributed by atoms with van der Waals surface area (Å²) in [7, 11) is -0.222. The van der Waals surface area contributed by atoms with Crippen LogP contribution in [0.25, 0.3) is 0 Å². The van der Waals surface area contributed by atoms with Crippen molar-refractivity contribution in [2.24, 2.45) is 0 Å². The number of hydrogen-bond acceptors (Lipinski definition) is 4. The van der Waals surface area contributed by atoms with E-state index in [1.54, 1.807) is 0 Å². The van der Waals surface area contributed by atoms with Gasteiger partial charge in [-0.05, 0) is 5.56 Å². The number of ether oxygens (including phenoxy) is 1. The van der Waals surface area contributed by atoms with Gasteiger partial charge in [-0.25, -0.2) is 0 Å². The van der Waals surface area contributed by atoms with Crippen LogP contribution in [0, 0.1) is 0 Å². The van der Waals surface area contributed by atoms with Crippen LogP contribution in [0.3, 0.4) is 0 Å². The van der Waals surface area contributed by atoms with E-state index >= 15 is 0 Å². The van der Waals surface area contributed by atoms with Gasteiger partial charge in [0.2, 0.25) is 0 Å². The van der Waals surface area contributed by atoms with Crippen molar-refractivity contribution in [1.82, 2.24) is 0 Å². The van der Waals surface area contributed by atoms with Gasteiger partial charge >= 0.3 is 5.97 Å². The average Bonchev–Trinajstić information content (AvgIpc) is 2.43. The van der Waals surface area contributed by atoms with Crippen molar-refractivity contribution in [1.29, 1.82) is 0 Å². The van der Waals surface area contributed by atoms with Crippen LogP contribution in [0.4, 0.5) is 0 Å². The molecule has 1 N–H and O–H groups in total.